The van der Waals surface area contributed by atoms with Crippen molar-refractivity contribution in [2.24, 2.45) is 0 Å². The van der Waals surface area contributed by atoms with Gasteiger partial charge in [0.1, 0.15) is 0 Å². The number of nitrogens with zero attached hydrogens (tertiary/aromatic N) is 1. The lowest BCUT2D eigenvalue weighted by molar-refractivity contribution is -0.384. The quantitative estimate of drug-likeness (QED) is 0.407. The van der Waals surface area contributed by atoms with Crippen LogP contribution in [0.4, 0.5) is 11.4 Å². The molecule has 21 heavy (non-hydrogen) atoms. The largest absolute Gasteiger partial charge is 0.385 e. The molecule has 0 unspecified atom stereocenters. The van der Waals surface area contributed by atoms with Crippen molar-refractivity contribution in [2.75, 3.05) is 25.1 Å². The molecule has 1 aromatic carbocycles. The molecule has 6 nitrogen and oxygen atoms in total. The highest BCUT2D eigenvalue weighted by Crippen LogP contribution is 2.23. The van der Waals surface area contributed by atoms with Gasteiger partial charge in [-0.15, -0.1) is 0 Å². The number of nitro groups is 1. The predicted octanol–water partition coefficient (Wildman–Crippen LogP) is 3.36. The first-order valence-corrected chi connectivity index (χ1v) is 7.25. The number of hydrogen-bond acceptors (Lipinski definition) is 5. The molecule has 1 N–H and O–H groups in total. The SMILES string of the molecule is CCCNc1ccc([N+](=O)[O-])cc1COCCOC(C)C. The van der Waals surface area contributed by atoms with E-state index in [0.717, 1.165) is 24.2 Å². The van der Waals surface area contributed by atoms with Crippen LogP contribution in [-0.4, -0.2) is 30.8 Å². The third-order valence-electron chi connectivity index (χ3n) is 2.80. The normalized spacial score (nSPS) is 10.9. The molecule has 0 amide bonds. The average Bonchev–Trinajstić information content (AvgIpc) is 2.44. The molecule has 0 aliphatic rings. The standard InChI is InChI=1S/C15H24N2O4/c1-4-7-16-15-6-5-14(17(18)19)10-13(15)11-20-8-9-21-12(2)3/h5-6,10,12,16H,4,7-9,11H2,1-3H3. The maximum Gasteiger partial charge on any atom is 0.269 e. The van der Waals surface area contributed by atoms with Crippen molar-refractivity contribution < 1.29 is 14.4 Å². The van der Waals surface area contributed by atoms with Gasteiger partial charge < -0.3 is 14.8 Å². The van der Waals surface area contributed by atoms with E-state index >= 15 is 0 Å². The maximum absolute atomic E-state index is 10.9. The molecule has 0 aliphatic heterocycles. The number of rotatable bonds is 10. The minimum atomic E-state index is -0.394. The molecule has 0 bridgehead atoms. The zero-order chi connectivity index (χ0) is 15.7. The van der Waals surface area contributed by atoms with E-state index in [1.54, 1.807) is 12.1 Å². The first-order chi connectivity index (χ1) is 10.0. The highest BCUT2D eigenvalue weighted by atomic mass is 16.6. The highest BCUT2D eigenvalue weighted by Gasteiger charge is 2.10. The molecule has 1 aromatic rings. The average molecular weight is 296 g/mol. The molecule has 0 spiro atoms. The third kappa shape index (κ3) is 6.55. The molecule has 0 radical (unpaired) electrons. The first-order valence-electron chi connectivity index (χ1n) is 7.25. The molecule has 0 heterocycles. The monoisotopic (exact) mass is 296 g/mol. The Kier molecular flexibility index (Phi) is 7.71. The summed E-state index contributed by atoms with van der Waals surface area (Å²) in [6.45, 7) is 8.13. The van der Waals surface area contributed by atoms with Crippen LogP contribution in [0, 0.1) is 10.1 Å². The van der Waals surface area contributed by atoms with E-state index in [-0.39, 0.29) is 11.8 Å². The zero-order valence-corrected chi connectivity index (χ0v) is 12.9. The molecule has 1 rings (SSSR count). The van der Waals surface area contributed by atoms with Gasteiger partial charge in [0.15, 0.2) is 0 Å². The summed E-state index contributed by atoms with van der Waals surface area (Å²) >= 11 is 0. The number of hydrogen-bond donors (Lipinski definition) is 1. The van der Waals surface area contributed by atoms with E-state index in [0.29, 0.717) is 19.8 Å². The smallest absolute Gasteiger partial charge is 0.269 e. The second kappa shape index (κ2) is 9.31. The number of benzene rings is 1. The zero-order valence-electron chi connectivity index (χ0n) is 12.9. The van der Waals surface area contributed by atoms with Gasteiger partial charge in [0.25, 0.3) is 5.69 Å². The summed E-state index contributed by atoms with van der Waals surface area (Å²) in [5.41, 5.74) is 1.75. The van der Waals surface area contributed by atoms with Crippen molar-refractivity contribution in [1.29, 1.82) is 0 Å². The van der Waals surface area contributed by atoms with E-state index < -0.39 is 4.92 Å². The van der Waals surface area contributed by atoms with E-state index in [1.807, 2.05) is 13.8 Å². The van der Waals surface area contributed by atoms with Crippen LogP contribution in [0.5, 0.6) is 0 Å². The maximum atomic E-state index is 10.9. The van der Waals surface area contributed by atoms with Crippen LogP contribution >= 0.6 is 0 Å². The summed E-state index contributed by atoms with van der Waals surface area (Å²) in [4.78, 5) is 10.5. The highest BCUT2D eigenvalue weighted by molar-refractivity contribution is 5.55. The fourth-order valence-electron chi connectivity index (χ4n) is 1.77. The Morgan fingerprint density at radius 1 is 1.33 bits per heavy atom. The summed E-state index contributed by atoms with van der Waals surface area (Å²) in [5, 5.41) is 14.1. The van der Waals surface area contributed by atoms with Crippen LogP contribution < -0.4 is 5.32 Å². The lowest BCUT2D eigenvalue weighted by Crippen LogP contribution is -2.10. The van der Waals surface area contributed by atoms with Gasteiger partial charge in [-0.1, -0.05) is 6.92 Å². The minimum Gasteiger partial charge on any atom is -0.385 e. The molecule has 118 valence electrons. The van der Waals surface area contributed by atoms with E-state index in [4.69, 9.17) is 9.47 Å². The number of nitrogens with one attached hydrogen (secondary N) is 1. The Balaban J connectivity index is 2.62. The molecular weight excluding hydrogens is 272 g/mol. The molecular formula is C15H24N2O4. The lowest BCUT2D eigenvalue weighted by Gasteiger charge is -2.12. The Hall–Kier alpha value is -1.66. The second-order valence-electron chi connectivity index (χ2n) is 5.00. The van der Waals surface area contributed by atoms with Crippen molar-refractivity contribution >= 4 is 11.4 Å². The number of anilines is 1. The van der Waals surface area contributed by atoms with Gasteiger partial charge in [0.05, 0.1) is 30.8 Å². The summed E-state index contributed by atoms with van der Waals surface area (Å²) in [7, 11) is 0. The van der Waals surface area contributed by atoms with Crippen molar-refractivity contribution in [3.63, 3.8) is 0 Å². The Bertz CT molecular complexity index is 449. The number of ether oxygens (including phenoxy) is 2. The van der Waals surface area contributed by atoms with Crippen LogP contribution in [0.1, 0.15) is 32.8 Å². The summed E-state index contributed by atoms with van der Waals surface area (Å²) in [6.07, 6.45) is 1.16. The molecule has 0 aromatic heterocycles. The summed E-state index contributed by atoms with van der Waals surface area (Å²) in [5.74, 6) is 0. The molecule has 0 saturated heterocycles. The van der Waals surface area contributed by atoms with Crippen LogP contribution in [0.25, 0.3) is 0 Å². The Morgan fingerprint density at radius 3 is 2.71 bits per heavy atom. The number of non-ortho nitro benzene ring substituents is 1. The summed E-state index contributed by atoms with van der Waals surface area (Å²) in [6, 6.07) is 4.79. The van der Waals surface area contributed by atoms with Crippen LogP contribution in [0.15, 0.2) is 18.2 Å². The van der Waals surface area contributed by atoms with Crippen LogP contribution in [-0.2, 0) is 16.1 Å². The predicted molar refractivity (Wildman–Crippen MR) is 82.6 cm³/mol. The van der Waals surface area contributed by atoms with Crippen LogP contribution in [0.3, 0.4) is 0 Å². The van der Waals surface area contributed by atoms with Gasteiger partial charge in [0, 0.05) is 29.9 Å². The van der Waals surface area contributed by atoms with Crippen molar-refractivity contribution in [2.45, 2.75) is 39.9 Å². The van der Waals surface area contributed by atoms with Gasteiger partial charge >= 0.3 is 0 Å². The molecule has 0 atom stereocenters. The van der Waals surface area contributed by atoms with E-state index in [2.05, 4.69) is 12.2 Å². The second-order valence-corrected chi connectivity index (χ2v) is 5.00. The molecule has 0 fully saturated rings. The fourth-order valence-corrected chi connectivity index (χ4v) is 1.77. The van der Waals surface area contributed by atoms with Crippen molar-refractivity contribution in [3.05, 3.63) is 33.9 Å². The van der Waals surface area contributed by atoms with Gasteiger partial charge in [-0.05, 0) is 26.3 Å². The molecule has 6 heteroatoms. The minimum absolute atomic E-state index is 0.0779. The Morgan fingerprint density at radius 2 is 2.10 bits per heavy atom. The Labute approximate surface area is 125 Å². The van der Waals surface area contributed by atoms with E-state index in [9.17, 15) is 10.1 Å². The van der Waals surface area contributed by atoms with Crippen molar-refractivity contribution in [3.8, 4) is 0 Å². The van der Waals surface area contributed by atoms with Gasteiger partial charge in [-0.2, -0.15) is 0 Å². The topological polar surface area (TPSA) is 73.6 Å². The van der Waals surface area contributed by atoms with Gasteiger partial charge in [-0.3, -0.25) is 10.1 Å². The molecule has 0 aliphatic carbocycles. The third-order valence-corrected chi connectivity index (χ3v) is 2.80. The molecule has 0 saturated carbocycles. The summed E-state index contributed by atoms with van der Waals surface area (Å²) < 4.78 is 10.9. The fraction of sp³-hybridized carbons (Fsp3) is 0.600. The lowest BCUT2D eigenvalue weighted by atomic mass is 10.1. The van der Waals surface area contributed by atoms with Crippen LogP contribution in [0.2, 0.25) is 0 Å². The van der Waals surface area contributed by atoms with Gasteiger partial charge in [0.2, 0.25) is 0 Å². The van der Waals surface area contributed by atoms with E-state index in [1.165, 1.54) is 6.07 Å². The van der Waals surface area contributed by atoms with Crippen molar-refractivity contribution in [1.82, 2.24) is 0 Å². The first kappa shape index (κ1) is 17.4. The number of nitro benzene ring substituents is 1. The van der Waals surface area contributed by atoms with Gasteiger partial charge in [-0.25, -0.2) is 0 Å².